The van der Waals surface area contributed by atoms with Crippen LogP contribution in [0.25, 0.3) is 0 Å². The smallest absolute Gasteiger partial charge is 0.315 e. The number of carbonyl (C=O) groups excluding carboxylic acids is 1. The number of nitrogens with zero attached hydrogens (tertiary/aromatic N) is 3. The van der Waals surface area contributed by atoms with Crippen LogP contribution in [0.4, 0.5) is 4.79 Å². The third-order valence-corrected chi connectivity index (χ3v) is 3.20. The molecule has 1 fully saturated rings. The van der Waals surface area contributed by atoms with Crippen LogP contribution >= 0.6 is 0 Å². The quantitative estimate of drug-likeness (QED) is 0.670. The number of aromatic nitrogens is 3. The molecular formula is C11H17N5O4. The Morgan fingerprint density at radius 2 is 2.30 bits per heavy atom. The van der Waals surface area contributed by atoms with E-state index in [9.17, 15) is 9.59 Å². The molecule has 0 bridgehead atoms. The minimum absolute atomic E-state index is 0.110. The number of carbonyl (C=O) groups is 2. The molecule has 0 spiro atoms. The first-order chi connectivity index (χ1) is 9.49. The van der Waals surface area contributed by atoms with Gasteiger partial charge in [0.15, 0.2) is 5.82 Å². The van der Waals surface area contributed by atoms with E-state index in [0.717, 1.165) is 0 Å². The van der Waals surface area contributed by atoms with E-state index in [1.54, 1.807) is 18.5 Å². The average Bonchev–Trinajstić information content (AvgIpc) is 2.97. The lowest BCUT2D eigenvalue weighted by Gasteiger charge is -2.18. The summed E-state index contributed by atoms with van der Waals surface area (Å²) in [5.41, 5.74) is 0. The highest BCUT2D eigenvalue weighted by atomic mass is 16.5. The maximum Gasteiger partial charge on any atom is 0.315 e. The van der Waals surface area contributed by atoms with E-state index in [1.807, 2.05) is 0 Å². The van der Waals surface area contributed by atoms with Gasteiger partial charge in [-0.25, -0.2) is 4.79 Å². The van der Waals surface area contributed by atoms with Crippen LogP contribution in [0.2, 0.25) is 0 Å². The lowest BCUT2D eigenvalue weighted by atomic mass is 10.0. The highest BCUT2D eigenvalue weighted by Crippen LogP contribution is 2.14. The third-order valence-electron chi connectivity index (χ3n) is 3.20. The van der Waals surface area contributed by atoms with Crippen LogP contribution in [0.15, 0.2) is 6.33 Å². The summed E-state index contributed by atoms with van der Waals surface area (Å²) < 4.78 is 6.78. The van der Waals surface area contributed by atoms with E-state index in [-0.39, 0.29) is 19.3 Å². The number of carboxylic acids is 1. The molecule has 1 aromatic rings. The molecule has 1 aromatic heterocycles. The van der Waals surface area contributed by atoms with E-state index in [2.05, 4.69) is 20.8 Å². The van der Waals surface area contributed by atoms with Gasteiger partial charge in [-0.05, 0) is 6.92 Å². The Bertz CT molecular complexity index is 503. The fourth-order valence-corrected chi connectivity index (χ4v) is 2.10. The lowest BCUT2D eigenvalue weighted by Crippen LogP contribution is -2.47. The minimum Gasteiger partial charge on any atom is -0.481 e. The third kappa shape index (κ3) is 3.05. The largest absolute Gasteiger partial charge is 0.481 e. The molecule has 3 N–H and O–H groups in total. The van der Waals surface area contributed by atoms with Crippen molar-refractivity contribution in [2.75, 3.05) is 13.2 Å². The van der Waals surface area contributed by atoms with Crippen molar-refractivity contribution in [2.45, 2.75) is 19.0 Å². The van der Waals surface area contributed by atoms with Crippen LogP contribution in [0.5, 0.6) is 0 Å². The van der Waals surface area contributed by atoms with Gasteiger partial charge >= 0.3 is 12.0 Å². The zero-order chi connectivity index (χ0) is 14.7. The molecule has 1 aliphatic rings. The van der Waals surface area contributed by atoms with Crippen molar-refractivity contribution in [3.63, 3.8) is 0 Å². The number of hydrogen-bond donors (Lipinski definition) is 3. The number of urea groups is 1. The van der Waals surface area contributed by atoms with Crippen LogP contribution < -0.4 is 10.6 Å². The number of amides is 2. The molecule has 20 heavy (non-hydrogen) atoms. The van der Waals surface area contributed by atoms with Gasteiger partial charge in [-0.3, -0.25) is 4.79 Å². The van der Waals surface area contributed by atoms with Gasteiger partial charge in [0.25, 0.3) is 0 Å². The predicted octanol–water partition coefficient (Wildman–Crippen LogP) is -0.725. The van der Waals surface area contributed by atoms with Crippen LogP contribution in [-0.4, -0.2) is 51.1 Å². The van der Waals surface area contributed by atoms with E-state index < -0.39 is 24.0 Å². The Morgan fingerprint density at radius 1 is 1.55 bits per heavy atom. The van der Waals surface area contributed by atoms with Crippen molar-refractivity contribution in [3.05, 3.63) is 12.2 Å². The number of ether oxygens (including phenoxy) is 1. The predicted molar refractivity (Wildman–Crippen MR) is 66.8 cm³/mol. The first kappa shape index (κ1) is 14.3. The summed E-state index contributed by atoms with van der Waals surface area (Å²) in [5.74, 6) is -1.09. The van der Waals surface area contributed by atoms with Gasteiger partial charge in [0.1, 0.15) is 12.2 Å². The Balaban J connectivity index is 1.89. The van der Waals surface area contributed by atoms with Crippen LogP contribution in [0, 0.1) is 5.92 Å². The summed E-state index contributed by atoms with van der Waals surface area (Å²) in [6.45, 7) is 2.07. The zero-order valence-corrected chi connectivity index (χ0v) is 11.2. The monoisotopic (exact) mass is 283 g/mol. The molecule has 0 radical (unpaired) electrons. The Morgan fingerprint density at radius 3 is 2.90 bits per heavy atom. The molecule has 2 rings (SSSR count). The van der Waals surface area contributed by atoms with E-state index >= 15 is 0 Å². The maximum absolute atomic E-state index is 11.9. The van der Waals surface area contributed by atoms with Gasteiger partial charge in [0.2, 0.25) is 0 Å². The second kappa shape index (κ2) is 5.87. The summed E-state index contributed by atoms with van der Waals surface area (Å²) >= 11 is 0. The van der Waals surface area contributed by atoms with Crippen LogP contribution in [0.1, 0.15) is 18.8 Å². The number of rotatable bonds is 4. The van der Waals surface area contributed by atoms with Crippen molar-refractivity contribution in [3.8, 4) is 0 Å². The molecule has 2 amide bonds. The van der Waals surface area contributed by atoms with Crippen molar-refractivity contribution in [1.82, 2.24) is 25.4 Å². The number of aryl methyl sites for hydroxylation is 1. The fourth-order valence-electron chi connectivity index (χ4n) is 2.10. The Hall–Kier alpha value is -2.16. The lowest BCUT2D eigenvalue weighted by molar-refractivity contribution is -0.142. The van der Waals surface area contributed by atoms with Gasteiger partial charge in [0, 0.05) is 7.05 Å². The highest BCUT2D eigenvalue weighted by molar-refractivity contribution is 5.77. The molecule has 0 saturated carbocycles. The molecule has 110 valence electrons. The molecule has 1 aliphatic heterocycles. The first-order valence-electron chi connectivity index (χ1n) is 6.20. The van der Waals surface area contributed by atoms with Gasteiger partial charge in [-0.15, -0.1) is 10.2 Å². The van der Waals surface area contributed by atoms with E-state index in [4.69, 9.17) is 9.84 Å². The van der Waals surface area contributed by atoms with E-state index in [0.29, 0.717) is 5.82 Å². The molecule has 3 unspecified atom stereocenters. The van der Waals surface area contributed by atoms with Gasteiger partial charge < -0.3 is 25.0 Å². The van der Waals surface area contributed by atoms with Gasteiger partial charge in [-0.1, -0.05) is 0 Å². The van der Waals surface area contributed by atoms with Crippen LogP contribution in [-0.2, 0) is 16.6 Å². The van der Waals surface area contributed by atoms with Gasteiger partial charge in [-0.2, -0.15) is 0 Å². The Kier molecular flexibility index (Phi) is 4.18. The van der Waals surface area contributed by atoms with Crippen molar-refractivity contribution in [2.24, 2.45) is 13.0 Å². The molecule has 9 heteroatoms. The molecule has 0 aromatic carbocycles. The van der Waals surface area contributed by atoms with Crippen molar-refractivity contribution >= 4 is 12.0 Å². The molecule has 2 heterocycles. The highest BCUT2D eigenvalue weighted by Gasteiger charge is 2.35. The molecule has 0 aliphatic carbocycles. The first-order valence-corrected chi connectivity index (χ1v) is 6.20. The summed E-state index contributed by atoms with van der Waals surface area (Å²) in [6, 6.07) is -1.32. The number of aliphatic carboxylic acids is 1. The molecule has 1 saturated heterocycles. The summed E-state index contributed by atoms with van der Waals surface area (Å²) in [5, 5.41) is 21.9. The van der Waals surface area contributed by atoms with Crippen LogP contribution in [0.3, 0.4) is 0 Å². The standard InChI is InChI=1S/C11H17N5O4/c1-6(9-15-12-5-16(9)2)13-11(19)14-8-4-20-3-7(8)10(17)18/h5-8H,3-4H2,1-2H3,(H,17,18)(H2,13,14,19). The molecule has 9 nitrogen and oxygen atoms in total. The Labute approximate surface area is 115 Å². The topological polar surface area (TPSA) is 118 Å². The summed E-state index contributed by atoms with van der Waals surface area (Å²) in [7, 11) is 1.77. The second-order valence-electron chi connectivity index (χ2n) is 4.73. The fraction of sp³-hybridized carbons (Fsp3) is 0.636. The zero-order valence-electron chi connectivity index (χ0n) is 11.2. The summed E-state index contributed by atoms with van der Waals surface area (Å²) in [6.07, 6.45) is 1.54. The second-order valence-corrected chi connectivity index (χ2v) is 4.73. The van der Waals surface area contributed by atoms with Crippen molar-refractivity contribution < 1.29 is 19.4 Å². The SMILES string of the molecule is CC(NC(=O)NC1COCC1C(=O)O)c1nncn1C. The van der Waals surface area contributed by atoms with E-state index in [1.165, 1.54) is 6.33 Å². The molecule has 3 atom stereocenters. The number of hydrogen-bond acceptors (Lipinski definition) is 5. The maximum atomic E-state index is 11.9. The average molecular weight is 283 g/mol. The van der Waals surface area contributed by atoms with Gasteiger partial charge in [0.05, 0.1) is 25.3 Å². The molecular weight excluding hydrogens is 266 g/mol. The number of carboxylic acid groups (broad SMARTS) is 1. The summed E-state index contributed by atoms with van der Waals surface area (Å²) in [4.78, 5) is 22.8. The normalized spacial score (nSPS) is 23.3. The number of nitrogens with one attached hydrogen (secondary N) is 2. The van der Waals surface area contributed by atoms with Crippen molar-refractivity contribution in [1.29, 1.82) is 0 Å². The minimum atomic E-state index is -0.978.